The highest BCUT2D eigenvalue weighted by atomic mass is 15.4. The number of nitrogens with zero attached hydrogens (tertiary/aromatic N) is 5. The van der Waals surface area contributed by atoms with E-state index in [9.17, 15) is 0 Å². The molecule has 0 aliphatic rings. The highest BCUT2D eigenvalue weighted by molar-refractivity contribution is 5.10. The Morgan fingerprint density at radius 3 is 2.76 bits per heavy atom. The summed E-state index contributed by atoms with van der Waals surface area (Å²) in [5, 5.41) is 15.7. The van der Waals surface area contributed by atoms with Crippen molar-refractivity contribution in [1.82, 2.24) is 30.1 Å². The molecule has 0 radical (unpaired) electrons. The molecule has 6 nitrogen and oxygen atoms in total. The molecular formula is C11H18N6. The van der Waals surface area contributed by atoms with Gasteiger partial charge in [0.1, 0.15) is 0 Å². The second-order valence-electron chi connectivity index (χ2n) is 4.08. The van der Waals surface area contributed by atoms with Gasteiger partial charge in [0, 0.05) is 32.9 Å². The van der Waals surface area contributed by atoms with Gasteiger partial charge in [0.05, 0.1) is 17.4 Å². The van der Waals surface area contributed by atoms with Crippen LogP contribution in [0.25, 0.3) is 0 Å². The van der Waals surface area contributed by atoms with Crippen molar-refractivity contribution in [2.45, 2.75) is 19.4 Å². The van der Waals surface area contributed by atoms with Gasteiger partial charge in [-0.05, 0) is 12.6 Å². The van der Waals surface area contributed by atoms with E-state index in [-0.39, 0.29) is 6.04 Å². The lowest BCUT2D eigenvalue weighted by atomic mass is 10.1. The molecular weight excluding hydrogens is 216 g/mol. The van der Waals surface area contributed by atoms with Crippen LogP contribution in [-0.4, -0.2) is 31.3 Å². The molecule has 0 saturated carbocycles. The molecule has 0 spiro atoms. The van der Waals surface area contributed by atoms with Crippen LogP contribution < -0.4 is 5.32 Å². The maximum absolute atomic E-state index is 4.20. The van der Waals surface area contributed by atoms with E-state index in [1.54, 1.807) is 4.68 Å². The molecule has 2 aromatic heterocycles. The highest BCUT2D eigenvalue weighted by Gasteiger charge is 2.15. The molecule has 2 heterocycles. The first kappa shape index (κ1) is 11.8. The number of hydrogen-bond acceptors (Lipinski definition) is 4. The van der Waals surface area contributed by atoms with E-state index in [4.69, 9.17) is 0 Å². The van der Waals surface area contributed by atoms with Crippen LogP contribution in [0.15, 0.2) is 18.5 Å². The zero-order valence-electron chi connectivity index (χ0n) is 10.5. The first-order valence-electron chi connectivity index (χ1n) is 5.77. The lowest BCUT2D eigenvalue weighted by molar-refractivity contribution is 0.503. The minimum Gasteiger partial charge on any atom is -0.309 e. The van der Waals surface area contributed by atoms with E-state index in [0.29, 0.717) is 0 Å². The van der Waals surface area contributed by atoms with E-state index < -0.39 is 0 Å². The molecule has 2 rings (SSSR count). The van der Waals surface area contributed by atoms with Crippen molar-refractivity contribution in [3.05, 3.63) is 29.8 Å². The maximum atomic E-state index is 4.20. The van der Waals surface area contributed by atoms with Crippen molar-refractivity contribution in [1.29, 1.82) is 0 Å². The van der Waals surface area contributed by atoms with Crippen LogP contribution in [-0.2, 0) is 20.5 Å². The second-order valence-corrected chi connectivity index (χ2v) is 4.08. The Hall–Kier alpha value is -1.69. The largest absolute Gasteiger partial charge is 0.309 e. The third kappa shape index (κ3) is 2.71. The van der Waals surface area contributed by atoms with Crippen molar-refractivity contribution >= 4 is 0 Å². The Morgan fingerprint density at radius 1 is 1.41 bits per heavy atom. The summed E-state index contributed by atoms with van der Waals surface area (Å²) in [7, 11) is 3.83. The molecule has 0 aliphatic carbocycles. The van der Waals surface area contributed by atoms with Gasteiger partial charge in [0.15, 0.2) is 0 Å². The number of aromatic nitrogens is 5. The molecule has 1 atom stereocenters. The zero-order valence-corrected chi connectivity index (χ0v) is 10.5. The highest BCUT2D eigenvalue weighted by Crippen LogP contribution is 2.16. The molecule has 0 amide bonds. The quantitative estimate of drug-likeness (QED) is 0.815. The normalized spacial score (nSPS) is 12.9. The SMILES string of the molecule is CCNC(Cc1cn(C)nn1)c1ccnn1C. The van der Waals surface area contributed by atoms with Gasteiger partial charge in [0.25, 0.3) is 0 Å². The van der Waals surface area contributed by atoms with E-state index >= 15 is 0 Å². The van der Waals surface area contributed by atoms with Gasteiger partial charge in [-0.15, -0.1) is 5.10 Å². The number of likely N-dealkylation sites (N-methyl/N-ethyl adjacent to an activating group) is 1. The summed E-state index contributed by atoms with van der Waals surface area (Å²) in [4.78, 5) is 0. The average Bonchev–Trinajstić information content (AvgIpc) is 2.87. The molecule has 0 bridgehead atoms. The van der Waals surface area contributed by atoms with Gasteiger partial charge in [-0.25, -0.2) is 0 Å². The summed E-state index contributed by atoms with van der Waals surface area (Å²) in [6.45, 7) is 3.01. The van der Waals surface area contributed by atoms with Crippen LogP contribution in [0.2, 0.25) is 0 Å². The lowest BCUT2D eigenvalue weighted by Gasteiger charge is -2.16. The molecule has 1 unspecified atom stereocenters. The fourth-order valence-corrected chi connectivity index (χ4v) is 1.95. The van der Waals surface area contributed by atoms with Crippen LogP contribution >= 0.6 is 0 Å². The predicted octanol–water partition coefficient (Wildman–Crippen LogP) is 0.442. The van der Waals surface area contributed by atoms with E-state index in [1.165, 1.54) is 0 Å². The molecule has 92 valence electrons. The average molecular weight is 234 g/mol. The van der Waals surface area contributed by atoms with E-state index in [1.807, 2.05) is 37.2 Å². The smallest absolute Gasteiger partial charge is 0.0846 e. The van der Waals surface area contributed by atoms with Gasteiger partial charge in [-0.1, -0.05) is 12.1 Å². The Labute approximate surface area is 101 Å². The second kappa shape index (κ2) is 5.09. The van der Waals surface area contributed by atoms with Crippen molar-refractivity contribution in [3.63, 3.8) is 0 Å². The predicted molar refractivity (Wildman–Crippen MR) is 64.3 cm³/mol. The molecule has 0 saturated heterocycles. The monoisotopic (exact) mass is 234 g/mol. The fraction of sp³-hybridized carbons (Fsp3) is 0.545. The number of hydrogen-bond donors (Lipinski definition) is 1. The van der Waals surface area contributed by atoms with Crippen LogP contribution in [0.3, 0.4) is 0 Å². The summed E-state index contributed by atoms with van der Waals surface area (Å²) in [5.41, 5.74) is 2.15. The minimum absolute atomic E-state index is 0.226. The van der Waals surface area contributed by atoms with Crippen molar-refractivity contribution < 1.29 is 0 Å². The van der Waals surface area contributed by atoms with Crippen LogP contribution in [0.5, 0.6) is 0 Å². The number of rotatable bonds is 5. The fourth-order valence-electron chi connectivity index (χ4n) is 1.95. The molecule has 0 fully saturated rings. The summed E-state index contributed by atoms with van der Waals surface area (Å²) < 4.78 is 3.62. The lowest BCUT2D eigenvalue weighted by Crippen LogP contribution is -2.25. The Bertz CT molecular complexity index is 472. The van der Waals surface area contributed by atoms with Crippen LogP contribution in [0, 0.1) is 0 Å². The molecule has 2 aromatic rings. The summed E-state index contributed by atoms with van der Waals surface area (Å²) >= 11 is 0. The molecule has 0 aliphatic heterocycles. The van der Waals surface area contributed by atoms with Crippen molar-refractivity contribution in [3.8, 4) is 0 Å². The summed E-state index contributed by atoms with van der Waals surface area (Å²) in [5.74, 6) is 0. The van der Waals surface area contributed by atoms with Crippen LogP contribution in [0.1, 0.15) is 24.4 Å². The van der Waals surface area contributed by atoms with Gasteiger partial charge in [-0.2, -0.15) is 5.10 Å². The first-order valence-corrected chi connectivity index (χ1v) is 5.77. The third-order valence-corrected chi connectivity index (χ3v) is 2.73. The topological polar surface area (TPSA) is 60.6 Å². The molecule has 1 N–H and O–H groups in total. The number of nitrogens with one attached hydrogen (secondary N) is 1. The van der Waals surface area contributed by atoms with Crippen molar-refractivity contribution in [2.75, 3.05) is 6.54 Å². The van der Waals surface area contributed by atoms with E-state index in [0.717, 1.165) is 24.4 Å². The first-order chi connectivity index (χ1) is 8.20. The Balaban J connectivity index is 2.15. The van der Waals surface area contributed by atoms with Gasteiger partial charge in [-0.3, -0.25) is 9.36 Å². The number of aryl methyl sites for hydroxylation is 2. The summed E-state index contributed by atoms with van der Waals surface area (Å²) in [6, 6.07) is 2.26. The van der Waals surface area contributed by atoms with Crippen molar-refractivity contribution in [2.24, 2.45) is 14.1 Å². The van der Waals surface area contributed by atoms with E-state index in [2.05, 4.69) is 27.7 Å². The van der Waals surface area contributed by atoms with Gasteiger partial charge in [0.2, 0.25) is 0 Å². The summed E-state index contributed by atoms with van der Waals surface area (Å²) in [6.07, 6.45) is 4.58. The maximum Gasteiger partial charge on any atom is 0.0846 e. The zero-order chi connectivity index (χ0) is 12.3. The third-order valence-electron chi connectivity index (χ3n) is 2.73. The Morgan fingerprint density at radius 2 is 2.24 bits per heavy atom. The molecule has 17 heavy (non-hydrogen) atoms. The van der Waals surface area contributed by atoms with Gasteiger partial charge >= 0.3 is 0 Å². The standard InChI is InChI=1S/C11H18N6/c1-4-12-10(11-5-6-13-17(11)3)7-9-8-16(2)15-14-9/h5-6,8,10,12H,4,7H2,1-3H3. The van der Waals surface area contributed by atoms with Gasteiger partial charge < -0.3 is 5.32 Å². The molecule has 0 aromatic carbocycles. The van der Waals surface area contributed by atoms with Crippen LogP contribution in [0.4, 0.5) is 0 Å². The minimum atomic E-state index is 0.226. The molecule has 6 heteroatoms. The Kier molecular flexibility index (Phi) is 3.53.